The van der Waals surface area contributed by atoms with E-state index in [0.29, 0.717) is 32.8 Å². The number of guanidine groups is 1. The first-order valence-electron chi connectivity index (χ1n) is 11.7. The van der Waals surface area contributed by atoms with Crippen molar-refractivity contribution in [2.75, 3.05) is 52.4 Å². The lowest BCUT2D eigenvalue weighted by Gasteiger charge is -2.37. The summed E-state index contributed by atoms with van der Waals surface area (Å²) in [5.74, 6) is 0.961. The summed E-state index contributed by atoms with van der Waals surface area (Å²) in [4.78, 5) is 35.8. The Morgan fingerprint density at radius 3 is 2.31 bits per heavy atom. The van der Waals surface area contributed by atoms with Gasteiger partial charge < -0.3 is 29.5 Å². The molecular weight excluding hydrogens is 525 g/mol. The maximum atomic E-state index is 12.6. The van der Waals surface area contributed by atoms with Gasteiger partial charge in [0.25, 0.3) is 5.91 Å². The van der Waals surface area contributed by atoms with Crippen molar-refractivity contribution in [3.05, 3.63) is 0 Å². The first-order chi connectivity index (χ1) is 14.8. The van der Waals surface area contributed by atoms with Crippen LogP contribution >= 0.6 is 24.0 Å². The monoisotopic (exact) mass is 565 g/mol. The fraction of sp³-hybridized carbons (Fsp3) is 0.864. The minimum absolute atomic E-state index is 0. The van der Waals surface area contributed by atoms with Gasteiger partial charge in [-0.25, -0.2) is 4.79 Å². The zero-order valence-corrected chi connectivity index (χ0v) is 22.3. The number of hydrogen-bond donors (Lipinski definition) is 1. The molecule has 3 aliphatic rings. The zero-order chi connectivity index (χ0) is 22.4. The largest absolute Gasteiger partial charge is 0.444 e. The van der Waals surface area contributed by atoms with Crippen molar-refractivity contribution in [3.63, 3.8) is 0 Å². The van der Waals surface area contributed by atoms with Crippen LogP contribution in [0.25, 0.3) is 0 Å². The molecule has 184 valence electrons. The third-order valence-electron chi connectivity index (χ3n) is 5.65. The highest BCUT2D eigenvalue weighted by Crippen LogP contribution is 2.28. The molecule has 1 N–H and O–H groups in total. The molecule has 0 radical (unpaired) electrons. The number of amides is 2. The molecule has 2 saturated heterocycles. The van der Waals surface area contributed by atoms with Gasteiger partial charge in [0, 0.05) is 51.9 Å². The van der Waals surface area contributed by atoms with Gasteiger partial charge in [-0.2, -0.15) is 0 Å². The molecule has 9 nitrogen and oxygen atoms in total. The molecule has 2 amide bonds. The zero-order valence-electron chi connectivity index (χ0n) is 20.0. The van der Waals surface area contributed by atoms with Crippen molar-refractivity contribution >= 4 is 41.9 Å². The summed E-state index contributed by atoms with van der Waals surface area (Å²) >= 11 is 0. The molecule has 32 heavy (non-hydrogen) atoms. The SMILES string of the molecule is CCNC(=NCCN(C(=O)OC(C)(C)C)C1CC1)N1CCN(C(=O)C2CCCO2)CC1.I. The Labute approximate surface area is 209 Å². The third-order valence-corrected chi connectivity index (χ3v) is 5.65. The summed E-state index contributed by atoms with van der Waals surface area (Å²) in [5.41, 5.74) is -0.497. The highest BCUT2D eigenvalue weighted by atomic mass is 127. The Morgan fingerprint density at radius 1 is 1.12 bits per heavy atom. The summed E-state index contributed by atoms with van der Waals surface area (Å²) < 4.78 is 11.1. The van der Waals surface area contributed by atoms with Gasteiger partial charge >= 0.3 is 6.09 Å². The van der Waals surface area contributed by atoms with Crippen molar-refractivity contribution in [2.24, 2.45) is 4.99 Å². The minimum atomic E-state index is -0.497. The van der Waals surface area contributed by atoms with Gasteiger partial charge in [-0.3, -0.25) is 9.79 Å². The lowest BCUT2D eigenvalue weighted by molar-refractivity contribution is -0.142. The van der Waals surface area contributed by atoms with E-state index in [1.54, 1.807) is 0 Å². The molecule has 0 aromatic heterocycles. The highest BCUT2D eigenvalue weighted by molar-refractivity contribution is 14.0. The lowest BCUT2D eigenvalue weighted by atomic mass is 10.2. The molecular formula is C22H40IN5O4. The molecule has 2 heterocycles. The van der Waals surface area contributed by atoms with E-state index in [9.17, 15) is 9.59 Å². The van der Waals surface area contributed by atoms with Crippen LogP contribution in [0.3, 0.4) is 0 Å². The molecule has 1 unspecified atom stereocenters. The molecule has 3 rings (SSSR count). The second-order valence-corrected chi connectivity index (χ2v) is 9.45. The summed E-state index contributed by atoms with van der Waals surface area (Å²) in [6.45, 7) is 13.1. The molecule has 3 fully saturated rings. The topological polar surface area (TPSA) is 86.7 Å². The van der Waals surface area contributed by atoms with Crippen molar-refractivity contribution in [1.82, 2.24) is 20.0 Å². The number of rotatable bonds is 6. The van der Waals surface area contributed by atoms with Crippen molar-refractivity contribution < 1.29 is 19.1 Å². The van der Waals surface area contributed by atoms with Gasteiger partial charge in [0.05, 0.1) is 6.54 Å². The van der Waals surface area contributed by atoms with E-state index >= 15 is 0 Å². The molecule has 0 spiro atoms. The first-order valence-corrected chi connectivity index (χ1v) is 11.7. The molecule has 10 heteroatoms. The van der Waals surface area contributed by atoms with Crippen LogP contribution in [0, 0.1) is 0 Å². The number of nitrogens with zero attached hydrogens (tertiary/aromatic N) is 4. The van der Waals surface area contributed by atoms with E-state index in [1.165, 1.54) is 0 Å². The van der Waals surface area contributed by atoms with Gasteiger partial charge in [0.2, 0.25) is 0 Å². The van der Waals surface area contributed by atoms with Crippen LogP contribution in [0.1, 0.15) is 53.4 Å². The number of carbonyl (C=O) groups excluding carboxylic acids is 2. The van der Waals surface area contributed by atoms with Crippen LogP contribution in [0.4, 0.5) is 4.79 Å². The van der Waals surface area contributed by atoms with Crippen molar-refractivity contribution in [2.45, 2.75) is 71.1 Å². The van der Waals surface area contributed by atoms with E-state index in [-0.39, 0.29) is 48.1 Å². The van der Waals surface area contributed by atoms with Crippen molar-refractivity contribution in [3.8, 4) is 0 Å². The highest BCUT2D eigenvalue weighted by Gasteiger charge is 2.35. The Hall–Kier alpha value is -1.30. The maximum absolute atomic E-state index is 12.6. The Kier molecular flexibility index (Phi) is 10.3. The smallest absolute Gasteiger partial charge is 0.410 e. The van der Waals surface area contributed by atoms with Crippen LogP contribution in [0.15, 0.2) is 4.99 Å². The number of carbonyl (C=O) groups is 2. The number of piperazine rings is 1. The number of hydrogen-bond acceptors (Lipinski definition) is 5. The quantitative estimate of drug-likeness (QED) is 0.302. The van der Waals surface area contributed by atoms with Crippen LogP contribution in [0.2, 0.25) is 0 Å². The minimum Gasteiger partial charge on any atom is -0.444 e. The Balaban J connectivity index is 0.00000363. The molecule has 0 aromatic rings. The fourth-order valence-corrected chi connectivity index (χ4v) is 3.93. The Morgan fingerprint density at radius 2 is 1.78 bits per heavy atom. The third kappa shape index (κ3) is 7.93. The molecule has 1 saturated carbocycles. The number of aliphatic imine (C=N–C) groups is 1. The second kappa shape index (κ2) is 12.2. The Bertz CT molecular complexity index is 651. The maximum Gasteiger partial charge on any atom is 0.410 e. The molecule has 0 bridgehead atoms. The van der Waals surface area contributed by atoms with E-state index in [4.69, 9.17) is 14.5 Å². The standard InChI is InChI=1S/C22H39N5O4.HI/c1-5-23-20(24-10-11-27(17-8-9-17)21(29)31-22(2,3)4)26-14-12-25(13-15-26)19(28)18-7-6-16-30-18;/h17-18H,5-16H2,1-4H3,(H,23,24);1H. The summed E-state index contributed by atoms with van der Waals surface area (Å²) in [6.07, 6.45) is 3.35. The van der Waals surface area contributed by atoms with Gasteiger partial charge in [-0.15, -0.1) is 24.0 Å². The first kappa shape index (κ1) is 26.9. The van der Waals surface area contributed by atoms with Crippen LogP contribution < -0.4 is 5.32 Å². The average Bonchev–Trinajstić information content (AvgIpc) is 3.40. The normalized spacial score (nSPS) is 21.8. The lowest BCUT2D eigenvalue weighted by Crippen LogP contribution is -2.55. The van der Waals surface area contributed by atoms with E-state index in [0.717, 1.165) is 51.3 Å². The predicted octanol–water partition coefficient (Wildman–Crippen LogP) is 2.29. The van der Waals surface area contributed by atoms with Gasteiger partial charge in [0.15, 0.2) is 5.96 Å². The van der Waals surface area contributed by atoms with Gasteiger partial charge in [0.1, 0.15) is 11.7 Å². The molecule has 0 aromatic carbocycles. The van der Waals surface area contributed by atoms with E-state index in [2.05, 4.69) is 10.2 Å². The average molecular weight is 565 g/mol. The number of nitrogens with one attached hydrogen (secondary N) is 1. The molecule has 1 aliphatic carbocycles. The second-order valence-electron chi connectivity index (χ2n) is 9.45. The summed E-state index contributed by atoms with van der Waals surface area (Å²) in [6, 6.07) is 0.278. The van der Waals surface area contributed by atoms with Gasteiger partial charge in [-0.1, -0.05) is 0 Å². The predicted molar refractivity (Wildman–Crippen MR) is 134 cm³/mol. The summed E-state index contributed by atoms with van der Waals surface area (Å²) in [5, 5.41) is 3.35. The van der Waals surface area contributed by atoms with E-state index in [1.807, 2.05) is 37.5 Å². The van der Waals surface area contributed by atoms with E-state index < -0.39 is 5.60 Å². The van der Waals surface area contributed by atoms with Crippen molar-refractivity contribution in [1.29, 1.82) is 0 Å². The fourth-order valence-electron chi connectivity index (χ4n) is 3.93. The van der Waals surface area contributed by atoms with Crippen LogP contribution in [0.5, 0.6) is 0 Å². The number of ether oxygens (including phenoxy) is 2. The van der Waals surface area contributed by atoms with Crippen LogP contribution in [-0.4, -0.2) is 103 Å². The number of halogens is 1. The molecule has 2 aliphatic heterocycles. The van der Waals surface area contributed by atoms with Gasteiger partial charge in [-0.05, 0) is 53.4 Å². The molecule has 1 atom stereocenters. The summed E-state index contributed by atoms with van der Waals surface area (Å²) in [7, 11) is 0. The van der Waals surface area contributed by atoms with Crippen LogP contribution in [-0.2, 0) is 14.3 Å².